The van der Waals surface area contributed by atoms with Gasteiger partial charge in [0.15, 0.2) is 0 Å². The molecule has 1 heterocycles. The van der Waals surface area contributed by atoms with Gasteiger partial charge in [-0.3, -0.25) is 0 Å². The van der Waals surface area contributed by atoms with E-state index in [1.807, 2.05) is 24.3 Å². The Morgan fingerprint density at radius 1 is 1.14 bits per heavy atom. The Labute approximate surface area is 141 Å². The second-order valence-corrected chi connectivity index (χ2v) is 7.47. The van der Waals surface area contributed by atoms with Crippen LogP contribution in [-0.4, -0.2) is 4.98 Å². The number of aryl methyl sites for hydroxylation is 1. The van der Waals surface area contributed by atoms with E-state index in [1.54, 1.807) is 11.3 Å². The zero-order chi connectivity index (χ0) is 14.8. The van der Waals surface area contributed by atoms with Gasteiger partial charge in [-0.15, -0.1) is 11.3 Å². The lowest BCUT2D eigenvalue weighted by Gasteiger charge is -1.99. The molecule has 0 spiro atoms. The molecule has 0 bridgehead atoms. The van der Waals surface area contributed by atoms with Gasteiger partial charge in [0.25, 0.3) is 0 Å². The van der Waals surface area contributed by atoms with Gasteiger partial charge in [-0.25, -0.2) is 4.98 Å². The van der Waals surface area contributed by atoms with Crippen LogP contribution in [-0.2, 0) is 6.42 Å². The zero-order valence-corrected chi connectivity index (χ0v) is 14.6. The van der Waals surface area contributed by atoms with Crippen LogP contribution in [0.4, 0.5) is 0 Å². The van der Waals surface area contributed by atoms with Crippen molar-refractivity contribution in [3.05, 3.63) is 73.5 Å². The maximum Gasteiger partial charge on any atom is 0.0979 e. The van der Waals surface area contributed by atoms with E-state index in [0.717, 1.165) is 32.2 Å². The fourth-order valence-electron chi connectivity index (χ4n) is 2.21. The molecule has 0 fully saturated rings. The van der Waals surface area contributed by atoms with E-state index in [2.05, 4.69) is 47.1 Å². The summed E-state index contributed by atoms with van der Waals surface area (Å²) in [6.45, 7) is 2.12. The topological polar surface area (TPSA) is 12.9 Å². The van der Waals surface area contributed by atoms with Crippen molar-refractivity contribution in [3.63, 3.8) is 0 Å². The van der Waals surface area contributed by atoms with Crippen LogP contribution < -0.4 is 0 Å². The molecule has 0 amide bonds. The van der Waals surface area contributed by atoms with Gasteiger partial charge >= 0.3 is 0 Å². The van der Waals surface area contributed by atoms with Crippen molar-refractivity contribution in [3.8, 4) is 11.3 Å². The first kappa shape index (κ1) is 14.8. The summed E-state index contributed by atoms with van der Waals surface area (Å²) in [5, 5.41) is 1.90. The van der Waals surface area contributed by atoms with Crippen LogP contribution >= 0.6 is 38.9 Å². The van der Waals surface area contributed by atoms with Crippen LogP contribution in [0.3, 0.4) is 0 Å². The second kappa shape index (κ2) is 6.30. The minimum absolute atomic E-state index is 0.767. The molecule has 1 aromatic heterocycles. The summed E-state index contributed by atoms with van der Waals surface area (Å²) in [5.41, 5.74) is 3.46. The normalized spacial score (nSPS) is 10.8. The minimum atomic E-state index is 0.767. The molecular weight excluding hydrogens is 366 g/mol. The summed E-state index contributed by atoms with van der Waals surface area (Å²) in [7, 11) is 0. The summed E-state index contributed by atoms with van der Waals surface area (Å²) < 4.78 is 1.08. The molecule has 0 N–H and O–H groups in total. The number of halogens is 2. The third-order valence-corrected chi connectivity index (χ3v) is 4.92. The van der Waals surface area contributed by atoms with Crippen molar-refractivity contribution in [1.82, 2.24) is 4.98 Å². The zero-order valence-electron chi connectivity index (χ0n) is 11.4. The third kappa shape index (κ3) is 3.54. The van der Waals surface area contributed by atoms with Gasteiger partial charge in [-0.1, -0.05) is 51.8 Å². The fraction of sp³-hybridized carbons (Fsp3) is 0.118. The van der Waals surface area contributed by atoms with E-state index in [9.17, 15) is 0 Å². The van der Waals surface area contributed by atoms with Crippen LogP contribution in [0.1, 0.15) is 15.4 Å². The molecule has 3 rings (SSSR count). The summed E-state index contributed by atoms with van der Waals surface area (Å²) in [4.78, 5) is 6.05. The first-order chi connectivity index (χ1) is 10.1. The number of hydrogen-bond acceptors (Lipinski definition) is 2. The van der Waals surface area contributed by atoms with Crippen LogP contribution in [0.5, 0.6) is 0 Å². The summed E-state index contributed by atoms with van der Waals surface area (Å²) in [6.07, 6.45) is 0.844. The fourth-order valence-corrected chi connectivity index (χ4v) is 3.72. The van der Waals surface area contributed by atoms with Gasteiger partial charge in [0.05, 0.1) is 10.7 Å². The van der Waals surface area contributed by atoms with E-state index in [1.165, 1.54) is 10.4 Å². The lowest BCUT2D eigenvalue weighted by molar-refractivity contribution is 1.14. The average molecular weight is 379 g/mol. The highest BCUT2D eigenvalue weighted by Crippen LogP contribution is 2.30. The number of aromatic nitrogens is 1. The first-order valence-corrected chi connectivity index (χ1v) is 8.57. The van der Waals surface area contributed by atoms with Gasteiger partial charge in [-0.2, -0.15) is 0 Å². The largest absolute Gasteiger partial charge is 0.241 e. The van der Waals surface area contributed by atoms with E-state index < -0.39 is 0 Å². The maximum absolute atomic E-state index is 5.92. The molecule has 0 saturated carbocycles. The molecule has 0 saturated heterocycles. The number of thiazole rings is 1. The monoisotopic (exact) mass is 377 g/mol. The predicted molar refractivity (Wildman–Crippen MR) is 94.2 cm³/mol. The summed E-state index contributed by atoms with van der Waals surface area (Å²) in [5.74, 6) is 0. The Bertz CT molecular complexity index is 765. The molecule has 2 aromatic carbocycles. The van der Waals surface area contributed by atoms with Crippen molar-refractivity contribution in [2.24, 2.45) is 0 Å². The quantitative estimate of drug-likeness (QED) is 0.534. The predicted octanol–water partition coefficient (Wildman–Crippen LogP) is 6.13. The molecule has 4 heteroatoms. The van der Waals surface area contributed by atoms with Crippen molar-refractivity contribution in [2.75, 3.05) is 0 Å². The number of rotatable bonds is 3. The van der Waals surface area contributed by atoms with Crippen molar-refractivity contribution in [2.45, 2.75) is 13.3 Å². The van der Waals surface area contributed by atoms with Crippen molar-refractivity contribution < 1.29 is 0 Å². The molecule has 0 aliphatic carbocycles. The molecule has 0 aliphatic heterocycles. The maximum atomic E-state index is 5.92. The van der Waals surface area contributed by atoms with Crippen LogP contribution in [0.2, 0.25) is 5.02 Å². The summed E-state index contributed by atoms with van der Waals surface area (Å²) >= 11 is 11.2. The number of hydrogen-bond donors (Lipinski definition) is 0. The van der Waals surface area contributed by atoms with E-state index in [4.69, 9.17) is 16.6 Å². The lowest BCUT2D eigenvalue weighted by Crippen LogP contribution is -1.87. The second-order valence-electron chi connectivity index (χ2n) is 4.83. The highest BCUT2D eigenvalue weighted by molar-refractivity contribution is 9.10. The van der Waals surface area contributed by atoms with Gasteiger partial charge < -0.3 is 0 Å². The van der Waals surface area contributed by atoms with Gasteiger partial charge in [0, 0.05) is 26.4 Å². The highest BCUT2D eigenvalue weighted by Gasteiger charge is 2.10. The molecule has 0 unspecified atom stereocenters. The Balaban J connectivity index is 1.89. The van der Waals surface area contributed by atoms with Gasteiger partial charge in [-0.05, 0) is 36.8 Å². The molecule has 1 nitrogen and oxygen atoms in total. The standard InChI is InChI=1S/C17H13BrClNS/c1-11-17(13-3-2-4-14(18)10-13)20-16(21-11)9-12-5-7-15(19)8-6-12/h2-8,10H,9H2,1H3. The van der Waals surface area contributed by atoms with Gasteiger partial charge in [0.1, 0.15) is 0 Å². The minimum Gasteiger partial charge on any atom is -0.241 e. The van der Waals surface area contributed by atoms with Crippen LogP contribution in [0.25, 0.3) is 11.3 Å². The molecular formula is C17H13BrClNS. The lowest BCUT2D eigenvalue weighted by atomic mass is 10.1. The van der Waals surface area contributed by atoms with Crippen molar-refractivity contribution >= 4 is 38.9 Å². The van der Waals surface area contributed by atoms with Crippen LogP contribution in [0.15, 0.2) is 53.0 Å². The number of nitrogens with zero attached hydrogens (tertiary/aromatic N) is 1. The van der Waals surface area contributed by atoms with Crippen LogP contribution in [0, 0.1) is 6.92 Å². The molecule has 0 radical (unpaired) electrons. The summed E-state index contributed by atoms with van der Waals surface area (Å²) in [6, 6.07) is 16.2. The molecule has 106 valence electrons. The molecule has 0 aliphatic rings. The smallest absolute Gasteiger partial charge is 0.0979 e. The highest BCUT2D eigenvalue weighted by atomic mass is 79.9. The van der Waals surface area contributed by atoms with E-state index in [-0.39, 0.29) is 0 Å². The van der Waals surface area contributed by atoms with Gasteiger partial charge in [0.2, 0.25) is 0 Å². The molecule has 3 aromatic rings. The van der Waals surface area contributed by atoms with E-state index >= 15 is 0 Å². The third-order valence-electron chi connectivity index (χ3n) is 3.21. The number of benzene rings is 2. The van der Waals surface area contributed by atoms with Crippen molar-refractivity contribution in [1.29, 1.82) is 0 Å². The first-order valence-electron chi connectivity index (χ1n) is 6.58. The van der Waals surface area contributed by atoms with E-state index in [0.29, 0.717) is 0 Å². The SMILES string of the molecule is Cc1sc(Cc2ccc(Cl)cc2)nc1-c1cccc(Br)c1. The Morgan fingerprint density at radius 2 is 1.90 bits per heavy atom. The average Bonchev–Trinajstić information content (AvgIpc) is 2.82. The Kier molecular flexibility index (Phi) is 4.43. The Hall–Kier alpha value is -1.16. The molecule has 0 atom stereocenters. The molecule has 21 heavy (non-hydrogen) atoms. The Morgan fingerprint density at radius 3 is 2.62 bits per heavy atom.